The summed E-state index contributed by atoms with van der Waals surface area (Å²) in [5.41, 5.74) is 3.92. The molecule has 1 unspecified atom stereocenters. The number of rotatable bonds is 8. The molecule has 1 aromatic heterocycles. The van der Waals surface area contributed by atoms with Crippen molar-refractivity contribution in [2.45, 2.75) is 19.4 Å². The largest absolute Gasteiger partial charge is 0.467 e. The molecule has 1 atom stereocenters. The minimum atomic E-state index is -0.796. The molecule has 0 fully saturated rings. The van der Waals surface area contributed by atoms with Crippen LogP contribution in [0.15, 0.2) is 78.9 Å². The van der Waals surface area contributed by atoms with Crippen LogP contribution in [0.2, 0.25) is 5.02 Å². The highest BCUT2D eigenvalue weighted by Crippen LogP contribution is 2.32. The van der Waals surface area contributed by atoms with Crippen molar-refractivity contribution in [2.75, 3.05) is 12.4 Å². The Kier molecular flexibility index (Phi) is 7.80. The summed E-state index contributed by atoms with van der Waals surface area (Å²) in [6.07, 6.45) is 0.336. The maximum Gasteiger partial charge on any atom is 0.328 e. The molecule has 35 heavy (non-hydrogen) atoms. The molecule has 4 aromatic rings. The Morgan fingerprint density at radius 2 is 1.77 bits per heavy atom. The number of nitrogens with zero attached hydrogens (tertiary/aromatic N) is 1. The van der Waals surface area contributed by atoms with E-state index < -0.39 is 12.0 Å². The van der Waals surface area contributed by atoms with E-state index in [9.17, 15) is 9.59 Å². The maximum absolute atomic E-state index is 13.0. The number of carbonyl (C=O) groups is 2. The number of amides is 1. The van der Waals surface area contributed by atoms with Crippen LogP contribution in [-0.4, -0.2) is 30.0 Å². The minimum absolute atomic E-state index is 0.336. The fraction of sp³-hybridized carbons (Fsp3) is 0.148. The summed E-state index contributed by atoms with van der Waals surface area (Å²) in [5.74, 6) is -0.860. The van der Waals surface area contributed by atoms with Crippen LogP contribution in [0, 0.1) is 6.92 Å². The molecule has 0 aliphatic carbocycles. The highest BCUT2D eigenvalue weighted by Gasteiger charge is 2.23. The van der Waals surface area contributed by atoms with Crippen LogP contribution >= 0.6 is 22.9 Å². The lowest BCUT2D eigenvalue weighted by molar-refractivity contribution is -0.142. The first-order valence-corrected chi connectivity index (χ1v) is 12.2. The van der Waals surface area contributed by atoms with Gasteiger partial charge in [0.1, 0.15) is 6.04 Å². The van der Waals surface area contributed by atoms with Crippen molar-refractivity contribution in [3.63, 3.8) is 0 Å². The predicted octanol–water partition coefficient (Wildman–Crippen LogP) is 6.03. The highest BCUT2D eigenvalue weighted by molar-refractivity contribution is 7.16. The lowest BCUT2D eigenvalue weighted by Gasteiger charge is -2.17. The Morgan fingerprint density at radius 1 is 1.03 bits per heavy atom. The number of aryl methyl sites for hydroxylation is 1. The third-order valence-electron chi connectivity index (χ3n) is 5.36. The van der Waals surface area contributed by atoms with Crippen molar-refractivity contribution >= 4 is 45.6 Å². The second kappa shape index (κ2) is 11.2. The molecule has 0 radical (unpaired) electrons. The molecule has 1 heterocycles. The summed E-state index contributed by atoms with van der Waals surface area (Å²) in [6.45, 7) is 2.01. The third-order valence-corrected chi connectivity index (χ3v) is 6.50. The number of methoxy groups -OCH3 is 1. The van der Waals surface area contributed by atoms with Crippen molar-refractivity contribution in [2.24, 2.45) is 0 Å². The van der Waals surface area contributed by atoms with E-state index in [1.807, 2.05) is 67.6 Å². The van der Waals surface area contributed by atoms with Crippen molar-refractivity contribution in [3.05, 3.63) is 99.9 Å². The summed E-state index contributed by atoms with van der Waals surface area (Å²) in [7, 11) is 1.31. The SMILES string of the molecule is COC(=O)C(Cc1ccccc1)NC(=O)c1cccc(Nc2nc(-c3ccc(Cl)cc3)c(C)s2)c1. The number of aromatic nitrogens is 1. The smallest absolute Gasteiger partial charge is 0.328 e. The van der Waals surface area contributed by atoms with Gasteiger partial charge in [-0.2, -0.15) is 0 Å². The minimum Gasteiger partial charge on any atom is -0.467 e. The maximum atomic E-state index is 13.0. The van der Waals surface area contributed by atoms with Crippen LogP contribution in [0.5, 0.6) is 0 Å². The fourth-order valence-corrected chi connectivity index (χ4v) is 4.60. The first kappa shape index (κ1) is 24.4. The number of hydrogen-bond donors (Lipinski definition) is 2. The van der Waals surface area contributed by atoms with E-state index in [-0.39, 0.29) is 5.91 Å². The quantitative estimate of drug-likeness (QED) is 0.286. The van der Waals surface area contributed by atoms with Gasteiger partial charge in [-0.3, -0.25) is 4.79 Å². The van der Waals surface area contributed by atoms with Crippen molar-refractivity contribution in [1.29, 1.82) is 0 Å². The van der Waals surface area contributed by atoms with E-state index in [2.05, 4.69) is 10.6 Å². The number of halogens is 1. The van der Waals surface area contributed by atoms with Crippen molar-refractivity contribution < 1.29 is 14.3 Å². The lowest BCUT2D eigenvalue weighted by atomic mass is 10.1. The molecule has 0 bridgehead atoms. The Morgan fingerprint density at radius 3 is 2.49 bits per heavy atom. The van der Waals surface area contributed by atoms with E-state index in [0.717, 1.165) is 21.7 Å². The Bertz CT molecular complexity index is 1320. The molecule has 1 amide bonds. The van der Waals surface area contributed by atoms with Gasteiger partial charge in [0.05, 0.1) is 12.8 Å². The van der Waals surface area contributed by atoms with E-state index in [1.165, 1.54) is 18.4 Å². The zero-order valence-corrected chi connectivity index (χ0v) is 20.8. The number of esters is 1. The van der Waals surface area contributed by atoms with Gasteiger partial charge in [0.15, 0.2) is 5.13 Å². The number of carbonyl (C=O) groups excluding carboxylic acids is 2. The van der Waals surface area contributed by atoms with Gasteiger partial charge < -0.3 is 15.4 Å². The number of hydrogen-bond acceptors (Lipinski definition) is 6. The van der Waals surface area contributed by atoms with Crippen molar-refractivity contribution in [1.82, 2.24) is 10.3 Å². The van der Waals surface area contributed by atoms with E-state index in [4.69, 9.17) is 21.3 Å². The number of anilines is 2. The Balaban J connectivity index is 1.48. The van der Waals surface area contributed by atoms with Crippen LogP contribution < -0.4 is 10.6 Å². The predicted molar refractivity (Wildman–Crippen MR) is 140 cm³/mol. The van der Waals surface area contributed by atoms with Gasteiger partial charge in [-0.1, -0.05) is 60.1 Å². The zero-order chi connectivity index (χ0) is 24.8. The monoisotopic (exact) mass is 505 g/mol. The molecule has 4 rings (SSSR count). The average molecular weight is 506 g/mol. The molecule has 3 aromatic carbocycles. The standard InChI is InChI=1S/C27H24ClN3O3S/c1-17-24(19-11-13-21(28)14-12-19)31-27(35-17)29-22-10-6-9-20(16-22)25(32)30-23(26(33)34-2)15-18-7-4-3-5-8-18/h3-14,16,23H,15H2,1-2H3,(H,29,31)(H,30,32). The van der Waals surface area contributed by atoms with E-state index in [1.54, 1.807) is 18.2 Å². The molecule has 178 valence electrons. The van der Waals surface area contributed by atoms with E-state index in [0.29, 0.717) is 27.8 Å². The topological polar surface area (TPSA) is 80.3 Å². The Hall–Kier alpha value is -3.68. The fourth-order valence-electron chi connectivity index (χ4n) is 3.61. The van der Waals surface area contributed by atoms with Crippen LogP contribution in [0.4, 0.5) is 10.8 Å². The Labute approximate surface area is 212 Å². The first-order chi connectivity index (χ1) is 16.9. The van der Waals surface area contributed by atoms with Crippen LogP contribution in [0.1, 0.15) is 20.8 Å². The molecule has 0 aliphatic rings. The average Bonchev–Trinajstić information content (AvgIpc) is 3.24. The summed E-state index contributed by atoms with van der Waals surface area (Å²) in [4.78, 5) is 31.0. The van der Waals surface area contributed by atoms with Gasteiger partial charge in [0, 0.05) is 33.1 Å². The van der Waals surface area contributed by atoms with Gasteiger partial charge >= 0.3 is 5.97 Å². The highest BCUT2D eigenvalue weighted by atomic mass is 35.5. The number of benzene rings is 3. The number of ether oxygens (including phenoxy) is 1. The molecule has 0 saturated carbocycles. The third kappa shape index (κ3) is 6.26. The van der Waals surface area contributed by atoms with Gasteiger partial charge in [-0.05, 0) is 42.8 Å². The van der Waals surface area contributed by atoms with Crippen LogP contribution in [0.25, 0.3) is 11.3 Å². The molecular weight excluding hydrogens is 482 g/mol. The summed E-state index contributed by atoms with van der Waals surface area (Å²) < 4.78 is 4.90. The molecule has 8 heteroatoms. The lowest BCUT2D eigenvalue weighted by Crippen LogP contribution is -2.43. The van der Waals surface area contributed by atoms with Gasteiger partial charge in [-0.25, -0.2) is 9.78 Å². The molecule has 0 aliphatic heterocycles. The van der Waals surface area contributed by atoms with E-state index >= 15 is 0 Å². The molecular formula is C27H24ClN3O3S. The summed E-state index contributed by atoms with van der Waals surface area (Å²) >= 11 is 7.53. The molecule has 6 nitrogen and oxygen atoms in total. The normalized spacial score (nSPS) is 11.5. The molecule has 0 saturated heterocycles. The van der Waals surface area contributed by atoms with Gasteiger partial charge in [0.2, 0.25) is 0 Å². The summed E-state index contributed by atoms with van der Waals surface area (Å²) in [5, 5.41) is 7.46. The van der Waals surface area contributed by atoms with Crippen molar-refractivity contribution in [3.8, 4) is 11.3 Å². The molecule has 2 N–H and O–H groups in total. The van der Waals surface area contributed by atoms with Gasteiger partial charge in [-0.15, -0.1) is 11.3 Å². The van der Waals surface area contributed by atoms with Crippen LogP contribution in [-0.2, 0) is 16.0 Å². The second-order valence-corrected chi connectivity index (χ2v) is 9.52. The zero-order valence-electron chi connectivity index (χ0n) is 19.2. The second-order valence-electron chi connectivity index (χ2n) is 7.88. The van der Waals surface area contributed by atoms with Gasteiger partial charge in [0.25, 0.3) is 5.91 Å². The summed E-state index contributed by atoms with van der Waals surface area (Å²) in [6, 6.07) is 23.3. The molecule has 0 spiro atoms. The first-order valence-electron chi connectivity index (χ1n) is 11.0. The number of nitrogens with one attached hydrogen (secondary N) is 2. The number of thiazole rings is 1. The van der Waals surface area contributed by atoms with Crippen LogP contribution in [0.3, 0.4) is 0 Å².